The van der Waals surface area contributed by atoms with Crippen molar-refractivity contribution in [1.82, 2.24) is 9.36 Å². The maximum Gasteiger partial charge on any atom is 0.268 e. The van der Waals surface area contributed by atoms with E-state index in [2.05, 4.69) is 14.7 Å². The molecule has 0 bridgehead atoms. The van der Waals surface area contributed by atoms with Crippen LogP contribution in [-0.4, -0.2) is 49.3 Å². The molecule has 1 heterocycles. The summed E-state index contributed by atoms with van der Waals surface area (Å²) in [7, 11) is -2.20. The molecular weight excluding hydrogens is 516 g/mol. The molecule has 0 aliphatic rings. The third-order valence-electron chi connectivity index (χ3n) is 5.06. The van der Waals surface area contributed by atoms with E-state index in [1.54, 1.807) is 18.2 Å². The van der Waals surface area contributed by atoms with Crippen molar-refractivity contribution in [2.45, 2.75) is 31.2 Å². The van der Waals surface area contributed by atoms with Gasteiger partial charge in [-0.25, -0.2) is 8.42 Å². The van der Waals surface area contributed by atoms with Crippen molar-refractivity contribution >= 4 is 38.5 Å². The van der Waals surface area contributed by atoms with Gasteiger partial charge in [0, 0.05) is 11.5 Å². The first-order valence-corrected chi connectivity index (χ1v) is 13.5. The van der Waals surface area contributed by atoms with E-state index in [-0.39, 0.29) is 22.5 Å². The lowest BCUT2D eigenvalue weighted by Crippen LogP contribution is -2.16. The number of rotatable bonds is 11. The number of ether oxygens (including phenoxy) is 3. The molecular formula is C25H26N4O6S2. The van der Waals surface area contributed by atoms with Gasteiger partial charge >= 0.3 is 0 Å². The van der Waals surface area contributed by atoms with Crippen LogP contribution >= 0.6 is 11.5 Å². The van der Waals surface area contributed by atoms with Crippen LogP contribution in [0.25, 0.3) is 6.08 Å². The molecule has 3 rings (SSSR count). The summed E-state index contributed by atoms with van der Waals surface area (Å²) < 4.78 is 45.1. The van der Waals surface area contributed by atoms with Gasteiger partial charge in [0.2, 0.25) is 15.0 Å². The Morgan fingerprint density at radius 1 is 1.14 bits per heavy atom. The Labute approximate surface area is 219 Å². The third-order valence-corrected chi connectivity index (χ3v) is 7.74. The summed E-state index contributed by atoms with van der Waals surface area (Å²) in [6, 6.07) is 14.5. The number of hydrogen-bond acceptors (Lipinski definition) is 10. The number of hydrogen-bond donors (Lipinski definition) is 1. The first-order chi connectivity index (χ1) is 17.6. The van der Waals surface area contributed by atoms with Crippen molar-refractivity contribution in [1.29, 1.82) is 5.26 Å². The minimum atomic E-state index is -3.68. The van der Waals surface area contributed by atoms with Crippen LogP contribution in [0.5, 0.6) is 17.2 Å². The number of nitrogens with zero attached hydrogens (tertiary/aromatic N) is 3. The molecule has 0 aliphatic heterocycles. The zero-order valence-electron chi connectivity index (χ0n) is 20.7. The topological polar surface area (TPSA) is 140 Å². The number of carbonyl (C=O) groups excluding carboxylic acids is 1. The van der Waals surface area contributed by atoms with E-state index in [9.17, 15) is 18.5 Å². The van der Waals surface area contributed by atoms with E-state index >= 15 is 0 Å². The number of nitriles is 1. The number of sulfone groups is 1. The Kier molecular flexibility index (Phi) is 9.21. The molecule has 2 aromatic carbocycles. The highest BCUT2D eigenvalue weighted by molar-refractivity contribution is 7.91. The number of para-hydroxylation sites is 1. The number of benzene rings is 2. The van der Waals surface area contributed by atoms with Gasteiger partial charge in [0.25, 0.3) is 11.1 Å². The highest BCUT2D eigenvalue weighted by Crippen LogP contribution is 2.29. The lowest BCUT2D eigenvalue weighted by atomic mass is 10.1. The molecule has 1 N–H and O–H groups in total. The zero-order valence-corrected chi connectivity index (χ0v) is 22.4. The molecule has 3 aromatic rings. The Bertz CT molecular complexity index is 1440. The number of carbonyl (C=O) groups is 1. The van der Waals surface area contributed by atoms with Crippen molar-refractivity contribution in [3.63, 3.8) is 0 Å². The van der Waals surface area contributed by atoms with E-state index in [1.807, 2.05) is 37.3 Å². The standard InChI is InChI=1S/C25H26N4O6S2/c1-16(2)37(31,32)25-28-24(36-29-25)27-23(30)19(15-26)13-18-9-10-21(22(14-18)33-4)35-12-11-34-20-8-6-5-7-17(20)3/h5-10,13-14,16H,11-12H2,1-4H3,(H,27,28,29,30)/b19-13-. The van der Waals surface area contributed by atoms with Gasteiger partial charge in [-0.05, 0) is 56.2 Å². The number of aromatic nitrogens is 2. The molecule has 1 aromatic heterocycles. The number of nitrogens with one attached hydrogen (secondary N) is 1. The number of amides is 1. The number of methoxy groups -OCH3 is 1. The average Bonchev–Trinajstić information content (AvgIpc) is 3.35. The Morgan fingerprint density at radius 3 is 2.49 bits per heavy atom. The van der Waals surface area contributed by atoms with Gasteiger partial charge in [-0.3, -0.25) is 10.1 Å². The summed E-state index contributed by atoms with van der Waals surface area (Å²) in [5.41, 5.74) is 1.33. The minimum absolute atomic E-state index is 0.0281. The molecule has 12 heteroatoms. The summed E-state index contributed by atoms with van der Waals surface area (Å²) >= 11 is 0.717. The highest BCUT2D eigenvalue weighted by atomic mass is 32.2. The van der Waals surface area contributed by atoms with E-state index in [0.717, 1.165) is 22.8 Å². The predicted molar refractivity (Wildman–Crippen MR) is 140 cm³/mol. The second kappa shape index (κ2) is 12.3. The van der Waals surface area contributed by atoms with Crippen molar-refractivity contribution in [2.75, 3.05) is 25.6 Å². The van der Waals surface area contributed by atoms with Gasteiger partial charge in [0.05, 0.1) is 12.4 Å². The zero-order chi connectivity index (χ0) is 27.0. The van der Waals surface area contributed by atoms with Crippen molar-refractivity contribution in [3.05, 3.63) is 59.2 Å². The molecule has 0 radical (unpaired) electrons. The summed E-state index contributed by atoms with van der Waals surface area (Å²) in [4.78, 5) is 16.5. The van der Waals surface area contributed by atoms with Crippen molar-refractivity contribution in [2.24, 2.45) is 0 Å². The molecule has 0 unspecified atom stereocenters. The second-order valence-corrected chi connectivity index (χ2v) is 11.1. The van der Waals surface area contributed by atoms with Crippen LogP contribution in [-0.2, 0) is 14.6 Å². The third kappa shape index (κ3) is 7.05. The Morgan fingerprint density at radius 2 is 1.84 bits per heavy atom. The second-order valence-electron chi connectivity index (χ2n) is 7.97. The maximum atomic E-state index is 12.6. The summed E-state index contributed by atoms with van der Waals surface area (Å²) in [5, 5.41) is 10.8. The van der Waals surface area contributed by atoms with Crippen LogP contribution in [0.3, 0.4) is 0 Å². The molecule has 1 amide bonds. The molecule has 37 heavy (non-hydrogen) atoms. The largest absolute Gasteiger partial charge is 0.493 e. The van der Waals surface area contributed by atoms with E-state index in [0.29, 0.717) is 23.7 Å². The Hall–Kier alpha value is -3.95. The normalized spacial score (nSPS) is 11.6. The fraction of sp³-hybridized carbons (Fsp3) is 0.280. The first-order valence-electron chi connectivity index (χ1n) is 11.2. The molecule has 0 saturated carbocycles. The fourth-order valence-corrected chi connectivity index (χ4v) is 4.68. The van der Waals surface area contributed by atoms with Crippen LogP contribution < -0.4 is 19.5 Å². The number of aryl methyl sites for hydroxylation is 1. The molecule has 194 valence electrons. The molecule has 10 nitrogen and oxygen atoms in total. The van der Waals surface area contributed by atoms with Gasteiger partial charge in [-0.15, -0.1) is 0 Å². The monoisotopic (exact) mass is 542 g/mol. The first kappa shape index (κ1) is 27.6. The van der Waals surface area contributed by atoms with Gasteiger partial charge in [0.1, 0.15) is 30.6 Å². The van der Waals surface area contributed by atoms with Gasteiger partial charge in [-0.2, -0.15) is 14.6 Å². The predicted octanol–water partition coefficient (Wildman–Crippen LogP) is 4.04. The summed E-state index contributed by atoms with van der Waals surface area (Å²) in [6.07, 6.45) is 1.37. The average molecular weight is 543 g/mol. The van der Waals surface area contributed by atoms with Gasteiger partial charge in [0.15, 0.2) is 11.5 Å². The summed E-state index contributed by atoms with van der Waals surface area (Å²) in [6.45, 7) is 5.59. The van der Waals surface area contributed by atoms with E-state index < -0.39 is 21.0 Å². The van der Waals surface area contributed by atoms with Crippen LogP contribution in [0.2, 0.25) is 0 Å². The maximum absolute atomic E-state index is 12.6. The molecule has 0 spiro atoms. The van der Waals surface area contributed by atoms with Gasteiger partial charge in [-0.1, -0.05) is 24.3 Å². The van der Waals surface area contributed by atoms with Gasteiger partial charge < -0.3 is 14.2 Å². The quantitative estimate of drug-likeness (QED) is 0.216. The molecule has 0 aliphatic carbocycles. The molecule has 0 atom stereocenters. The van der Waals surface area contributed by atoms with Crippen molar-refractivity contribution in [3.8, 4) is 23.3 Å². The molecule has 0 saturated heterocycles. The fourth-order valence-electron chi connectivity index (χ4n) is 2.98. The smallest absolute Gasteiger partial charge is 0.268 e. The number of anilines is 1. The lowest BCUT2D eigenvalue weighted by molar-refractivity contribution is -0.112. The molecule has 0 fully saturated rings. The van der Waals surface area contributed by atoms with E-state index in [4.69, 9.17) is 14.2 Å². The highest BCUT2D eigenvalue weighted by Gasteiger charge is 2.25. The Balaban J connectivity index is 1.66. The minimum Gasteiger partial charge on any atom is -0.493 e. The van der Waals surface area contributed by atoms with Crippen molar-refractivity contribution < 1.29 is 27.4 Å². The van der Waals surface area contributed by atoms with E-state index in [1.165, 1.54) is 27.0 Å². The SMILES string of the molecule is COc1cc(/C=C(/C#N)C(=O)Nc2nc(S(=O)(=O)C(C)C)ns2)ccc1OCCOc1ccccc1C. The van der Waals surface area contributed by atoms with Crippen LogP contribution in [0, 0.1) is 18.3 Å². The summed E-state index contributed by atoms with van der Waals surface area (Å²) in [5.74, 6) is 0.922. The van der Waals surface area contributed by atoms with Crippen LogP contribution in [0.15, 0.2) is 53.2 Å². The van der Waals surface area contributed by atoms with Crippen LogP contribution in [0.1, 0.15) is 25.0 Å². The lowest BCUT2D eigenvalue weighted by Gasteiger charge is -2.13. The van der Waals surface area contributed by atoms with Crippen LogP contribution in [0.4, 0.5) is 5.13 Å².